The Morgan fingerprint density at radius 2 is 1.78 bits per heavy atom. The molecule has 0 spiro atoms. The van der Waals surface area contributed by atoms with Gasteiger partial charge in [-0.25, -0.2) is 0 Å². The highest BCUT2D eigenvalue weighted by molar-refractivity contribution is 9.10. The summed E-state index contributed by atoms with van der Waals surface area (Å²) in [6.07, 6.45) is 0.981. The maximum Gasteiger partial charge on any atom is 0.0436 e. The topological polar surface area (TPSA) is 0 Å². The highest BCUT2D eigenvalue weighted by Crippen LogP contribution is 2.30. The van der Waals surface area contributed by atoms with Gasteiger partial charge < -0.3 is 0 Å². The SMILES string of the molecule is Cc1cc(Br)cc(C(Br)Cc2cccc(Br)c2)c1. The molecule has 0 aromatic heterocycles. The molecule has 1 unspecified atom stereocenters. The quantitative estimate of drug-likeness (QED) is 0.506. The van der Waals surface area contributed by atoms with Crippen molar-refractivity contribution in [2.45, 2.75) is 18.2 Å². The maximum atomic E-state index is 3.78. The minimum atomic E-state index is 0.336. The standard InChI is InChI=1S/C15H13Br3/c1-10-5-12(9-14(17)6-10)15(18)8-11-3-2-4-13(16)7-11/h2-7,9,15H,8H2,1H3. The molecular weight excluding hydrogens is 420 g/mol. The van der Waals surface area contributed by atoms with Crippen molar-refractivity contribution in [3.63, 3.8) is 0 Å². The van der Waals surface area contributed by atoms with Crippen LogP contribution in [0.25, 0.3) is 0 Å². The van der Waals surface area contributed by atoms with E-state index in [1.54, 1.807) is 0 Å². The third-order valence-electron chi connectivity index (χ3n) is 2.73. The maximum absolute atomic E-state index is 3.78. The number of halogens is 3. The summed E-state index contributed by atoms with van der Waals surface area (Å²) in [4.78, 5) is 0.336. The summed E-state index contributed by atoms with van der Waals surface area (Å²) in [5.41, 5.74) is 3.91. The molecule has 0 fully saturated rings. The largest absolute Gasteiger partial charge is 0.0835 e. The van der Waals surface area contributed by atoms with Gasteiger partial charge in [-0.1, -0.05) is 66.0 Å². The van der Waals surface area contributed by atoms with Gasteiger partial charge in [-0.3, -0.25) is 0 Å². The Morgan fingerprint density at radius 1 is 1.00 bits per heavy atom. The lowest BCUT2D eigenvalue weighted by Gasteiger charge is -2.12. The minimum Gasteiger partial charge on any atom is -0.0835 e. The molecule has 2 aromatic rings. The van der Waals surface area contributed by atoms with Gasteiger partial charge in [-0.2, -0.15) is 0 Å². The molecule has 3 heteroatoms. The summed E-state index contributed by atoms with van der Waals surface area (Å²) in [5.74, 6) is 0. The second-order valence-electron chi connectivity index (χ2n) is 4.36. The fourth-order valence-corrected chi connectivity index (χ4v) is 3.64. The van der Waals surface area contributed by atoms with Crippen LogP contribution >= 0.6 is 47.8 Å². The molecular formula is C15H13Br3. The summed E-state index contributed by atoms with van der Waals surface area (Å²) in [6.45, 7) is 2.12. The van der Waals surface area contributed by atoms with Crippen LogP contribution in [0.3, 0.4) is 0 Å². The predicted octanol–water partition coefficient (Wildman–Crippen LogP) is 6.20. The van der Waals surface area contributed by atoms with Gasteiger partial charge >= 0.3 is 0 Å². The zero-order chi connectivity index (χ0) is 13.1. The second-order valence-corrected chi connectivity index (χ2v) is 7.30. The van der Waals surface area contributed by atoms with E-state index in [4.69, 9.17) is 0 Å². The molecule has 0 aliphatic heterocycles. The molecule has 0 amide bonds. The number of aryl methyl sites for hydroxylation is 1. The van der Waals surface area contributed by atoms with E-state index in [-0.39, 0.29) is 0 Å². The molecule has 0 saturated carbocycles. The number of rotatable bonds is 3. The van der Waals surface area contributed by atoms with Crippen LogP contribution in [0.2, 0.25) is 0 Å². The Kier molecular flexibility index (Phi) is 5.05. The molecule has 2 rings (SSSR count). The van der Waals surface area contributed by atoms with Crippen molar-refractivity contribution in [2.24, 2.45) is 0 Å². The van der Waals surface area contributed by atoms with Gasteiger partial charge in [0, 0.05) is 13.8 Å². The summed E-state index contributed by atoms with van der Waals surface area (Å²) >= 11 is 10.8. The lowest BCUT2D eigenvalue weighted by molar-refractivity contribution is 0.945. The van der Waals surface area contributed by atoms with E-state index in [9.17, 15) is 0 Å². The lowest BCUT2D eigenvalue weighted by atomic mass is 10.0. The number of alkyl halides is 1. The Labute approximate surface area is 133 Å². The van der Waals surface area contributed by atoms with Crippen molar-refractivity contribution in [1.82, 2.24) is 0 Å². The van der Waals surface area contributed by atoms with Gasteiger partial charge in [0.15, 0.2) is 0 Å². The van der Waals surface area contributed by atoms with Crippen LogP contribution in [0, 0.1) is 6.92 Å². The van der Waals surface area contributed by atoms with Crippen LogP contribution in [-0.4, -0.2) is 0 Å². The van der Waals surface area contributed by atoms with Gasteiger partial charge in [0.25, 0.3) is 0 Å². The van der Waals surface area contributed by atoms with E-state index in [2.05, 4.69) is 97.2 Å². The van der Waals surface area contributed by atoms with Crippen molar-refractivity contribution < 1.29 is 0 Å². The van der Waals surface area contributed by atoms with Gasteiger partial charge in [0.2, 0.25) is 0 Å². The van der Waals surface area contributed by atoms with Gasteiger partial charge in [-0.05, 0) is 54.3 Å². The number of benzene rings is 2. The van der Waals surface area contributed by atoms with E-state index >= 15 is 0 Å². The zero-order valence-corrected chi connectivity index (χ0v) is 14.7. The Hall–Kier alpha value is -0.120. The normalized spacial score (nSPS) is 12.4. The first kappa shape index (κ1) is 14.3. The molecule has 0 radical (unpaired) electrons. The van der Waals surface area contributed by atoms with Crippen LogP contribution in [-0.2, 0) is 6.42 Å². The molecule has 0 bridgehead atoms. The average molecular weight is 433 g/mol. The van der Waals surface area contributed by atoms with Crippen LogP contribution in [0.15, 0.2) is 51.4 Å². The van der Waals surface area contributed by atoms with Crippen molar-refractivity contribution in [3.05, 3.63) is 68.1 Å². The second kappa shape index (κ2) is 6.36. The van der Waals surface area contributed by atoms with Crippen molar-refractivity contribution in [1.29, 1.82) is 0 Å². The first-order chi connectivity index (χ1) is 8.54. The smallest absolute Gasteiger partial charge is 0.0436 e. The lowest BCUT2D eigenvalue weighted by Crippen LogP contribution is -1.96. The number of hydrogen-bond acceptors (Lipinski definition) is 0. The zero-order valence-electron chi connectivity index (χ0n) is 9.96. The van der Waals surface area contributed by atoms with E-state index in [0.29, 0.717) is 4.83 Å². The van der Waals surface area contributed by atoms with Crippen LogP contribution in [0.4, 0.5) is 0 Å². The molecule has 0 heterocycles. The highest BCUT2D eigenvalue weighted by atomic mass is 79.9. The summed E-state index contributed by atoms with van der Waals surface area (Å²) in [5, 5.41) is 0. The molecule has 0 aliphatic carbocycles. The van der Waals surface area contributed by atoms with Crippen molar-refractivity contribution >= 4 is 47.8 Å². The highest BCUT2D eigenvalue weighted by Gasteiger charge is 2.10. The van der Waals surface area contributed by atoms with Gasteiger partial charge in [0.05, 0.1) is 0 Å². The fraction of sp³-hybridized carbons (Fsp3) is 0.200. The molecule has 1 atom stereocenters. The third kappa shape index (κ3) is 3.94. The van der Waals surface area contributed by atoms with E-state index < -0.39 is 0 Å². The first-order valence-electron chi connectivity index (χ1n) is 5.70. The Morgan fingerprint density at radius 3 is 2.44 bits per heavy atom. The first-order valence-corrected chi connectivity index (χ1v) is 8.20. The van der Waals surface area contributed by atoms with E-state index in [1.165, 1.54) is 16.7 Å². The molecule has 94 valence electrons. The minimum absolute atomic E-state index is 0.336. The Balaban J connectivity index is 2.19. The Bertz CT molecular complexity index is 529. The van der Waals surface area contributed by atoms with E-state index in [1.807, 2.05) is 0 Å². The van der Waals surface area contributed by atoms with E-state index in [0.717, 1.165) is 15.4 Å². The summed E-state index contributed by atoms with van der Waals surface area (Å²) < 4.78 is 2.27. The van der Waals surface area contributed by atoms with Crippen molar-refractivity contribution in [2.75, 3.05) is 0 Å². The molecule has 18 heavy (non-hydrogen) atoms. The molecule has 2 aromatic carbocycles. The molecule has 0 N–H and O–H groups in total. The summed E-state index contributed by atoms with van der Waals surface area (Å²) in [7, 11) is 0. The molecule has 0 nitrogen and oxygen atoms in total. The monoisotopic (exact) mass is 430 g/mol. The predicted molar refractivity (Wildman–Crippen MR) is 88.4 cm³/mol. The average Bonchev–Trinajstić information content (AvgIpc) is 2.27. The van der Waals surface area contributed by atoms with Crippen LogP contribution in [0.5, 0.6) is 0 Å². The van der Waals surface area contributed by atoms with Crippen LogP contribution in [0.1, 0.15) is 21.5 Å². The molecule has 0 aliphatic rings. The number of hydrogen-bond donors (Lipinski definition) is 0. The summed E-state index contributed by atoms with van der Waals surface area (Å²) in [6, 6.07) is 15.0. The third-order valence-corrected chi connectivity index (χ3v) is 4.53. The fourth-order valence-electron chi connectivity index (χ4n) is 1.93. The molecule has 0 saturated heterocycles. The van der Waals surface area contributed by atoms with Crippen molar-refractivity contribution in [3.8, 4) is 0 Å². The van der Waals surface area contributed by atoms with Crippen LogP contribution < -0.4 is 0 Å². The van der Waals surface area contributed by atoms with Gasteiger partial charge in [-0.15, -0.1) is 0 Å². The van der Waals surface area contributed by atoms with Gasteiger partial charge in [0.1, 0.15) is 0 Å².